The number of benzene rings is 3. The van der Waals surface area contributed by atoms with E-state index in [2.05, 4.69) is 15.8 Å². The molecule has 0 atom stereocenters. The van der Waals surface area contributed by atoms with E-state index in [1.165, 1.54) is 6.21 Å². The van der Waals surface area contributed by atoms with E-state index in [-0.39, 0.29) is 5.91 Å². The third-order valence-corrected chi connectivity index (χ3v) is 4.75. The van der Waals surface area contributed by atoms with Gasteiger partial charge in [0.1, 0.15) is 0 Å². The molecule has 8 heteroatoms. The number of nitrogens with one attached hydrogen (secondary N) is 2. The Morgan fingerprint density at radius 1 is 0.828 bits per heavy atom. The molecule has 0 aliphatic carbocycles. The molecule has 0 saturated carbocycles. The van der Waals surface area contributed by atoms with Gasteiger partial charge in [0.2, 0.25) is 0 Å². The largest absolute Gasteiger partial charge is 0.322 e. The van der Waals surface area contributed by atoms with Gasteiger partial charge in [-0.1, -0.05) is 53.0 Å². The van der Waals surface area contributed by atoms with Crippen molar-refractivity contribution < 1.29 is 9.59 Å². The maximum Gasteiger partial charge on any atom is 0.271 e. The van der Waals surface area contributed by atoms with Gasteiger partial charge in [0, 0.05) is 21.8 Å². The normalized spacial score (nSPS) is 10.7. The minimum Gasteiger partial charge on any atom is -0.322 e. The summed E-state index contributed by atoms with van der Waals surface area (Å²) in [5.74, 6) is -0.743. The number of hydrogen-bond acceptors (Lipinski definition) is 3. The first kappa shape index (κ1) is 20.9. The monoisotopic (exact) mass is 445 g/mol. The van der Waals surface area contributed by atoms with E-state index in [1.807, 2.05) is 0 Å². The van der Waals surface area contributed by atoms with Gasteiger partial charge in [-0.15, -0.1) is 0 Å². The minimum atomic E-state index is -0.407. The van der Waals surface area contributed by atoms with Crippen LogP contribution < -0.4 is 10.7 Å². The second kappa shape index (κ2) is 9.56. The number of rotatable bonds is 5. The Hall–Kier alpha value is -2.86. The summed E-state index contributed by atoms with van der Waals surface area (Å²) in [7, 11) is 0. The molecule has 29 heavy (non-hydrogen) atoms. The van der Waals surface area contributed by atoms with Gasteiger partial charge >= 0.3 is 0 Å². The quantitative estimate of drug-likeness (QED) is 0.392. The van der Waals surface area contributed by atoms with Crippen molar-refractivity contribution >= 4 is 58.5 Å². The third kappa shape index (κ3) is 5.57. The highest BCUT2D eigenvalue weighted by Crippen LogP contribution is 2.20. The summed E-state index contributed by atoms with van der Waals surface area (Å²) >= 11 is 17.9. The van der Waals surface area contributed by atoms with Gasteiger partial charge in [-0.25, -0.2) is 5.43 Å². The van der Waals surface area contributed by atoms with Crippen LogP contribution in [0.5, 0.6) is 0 Å². The summed E-state index contributed by atoms with van der Waals surface area (Å²) in [6.07, 6.45) is 1.43. The number of hydrazone groups is 1. The molecule has 0 aliphatic heterocycles. The van der Waals surface area contributed by atoms with Gasteiger partial charge in [-0.05, 0) is 48.5 Å². The Morgan fingerprint density at radius 3 is 2.24 bits per heavy atom. The molecule has 3 rings (SSSR count). The maximum atomic E-state index is 12.3. The smallest absolute Gasteiger partial charge is 0.271 e. The van der Waals surface area contributed by atoms with Crippen LogP contribution >= 0.6 is 34.8 Å². The van der Waals surface area contributed by atoms with Crippen LogP contribution in [0.25, 0.3) is 0 Å². The Morgan fingerprint density at radius 2 is 1.55 bits per heavy atom. The van der Waals surface area contributed by atoms with Crippen LogP contribution in [0.4, 0.5) is 5.69 Å². The van der Waals surface area contributed by atoms with E-state index in [9.17, 15) is 9.59 Å². The molecule has 5 nitrogen and oxygen atoms in total. The molecule has 2 N–H and O–H groups in total. The number of anilines is 1. The molecule has 2 amide bonds. The molecule has 3 aromatic carbocycles. The predicted octanol–water partition coefficient (Wildman–Crippen LogP) is 5.66. The summed E-state index contributed by atoms with van der Waals surface area (Å²) in [6.45, 7) is 0. The van der Waals surface area contributed by atoms with Crippen LogP contribution in [0.2, 0.25) is 15.1 Å². The van der Waals surface area contributed by atoms with Crippen molar-refractivity contribution in [2.45, 2.75) is 0 Å². The standard InChI is InChI=1S/C21H14Cl3N3O2/c22-15-8-5-14(19(24)11-15)12-25-27-20(28)13-6-9-16(10-7-13)26-21(29)17-3-1-2-4-18(17)23/h1-12H,(H,26,29)(H,27,28)/b25-12-. The average molecular weight is 447 g/mol. The Labute approximate surface area is 182 Å². The highest BCUT2D eigenvalue weighted by Gasteiger charge is 2.10. The summed E-state index contributed by atoms with van der Waals surface area (Å²) in [6, 6.07) is 18.1. The third-order valence-electron chi connectivity index (χ3n) is 3.86. The topological polar surface area (TPSA) is 70.6 Å². The molecule has 0 unspecified atom stereocenters. The van der Waals surface area contributed by atoms with Gasteiger partial charge in [0.05, 0.1) is 21.8 Å². The molecular weight excluding hydrogens is 433 g/mol. The summed E-state index contributed by atoms with van der Waals surface area (Å²) in [4.78, 5) is 24.5. The molecule has 0 radical (unpaired) electrons. The zero-order valence-electron chi connectivity index (χ0n) is 14.8. The molecular formula is C21H14Cl3N3O2. The Balaban J connectivity index is 1.60. The van der Waals surface area contributed by atoms with Crippen LogP contribution in [0.3, 0.4) is 0 Å². The Kier molecular flexibility index (Phi) is 6.88. The fraction of sp³-hybridized carbons (Fsp3) is 0. The lowest BCUT2D eigenvalue weighted by Crippen LogP contribution is -2.18. The average Bonchev–Trinajstić information content (AvgIpc) is 2.70. The summed E-state index contributed by atoms with van der Waals surface area (Å²) in [5, 5.41) is 7.92. The van der Waals surface area contributed by atoms with Crippen LogP contribution in [0.1, 0.15) is 26.3 Å². The second-order valence-electron chi connectivity index (χ2n) is 5.88. The van der Waals surface area contributed by atoms with Crippen LogP contribution in [-0.4, -0.2) is 18.0 Å². The van der Waals surface area contributed by atoms with E-state index in [0.717, 1.165) is 0 Å². The number of halogens is 3. The first-order valence-corrected chi connectivity index (χ1v) is 9.52. The van der Waals surface area contributed by atoms with Crippen molar-refractivity contribution in [2.24, 2.45) is 5.10 Å². The maximum absolute atomic E-state index is 12.3. The lowest BCUT2D eigenvalue weighted by atomic mass is 10.1. The fourth-order valence-electron chi connectivity index (χ4n) is 2.38. The van der Waals surface area contributed by atoms with Crippen LogP contribution in [0, 0.1) is 0 Å². The van der Waals surface area contributed by atoms with E-state index < -0.39 is 5.91 Å². The molecule has 3 aromatic rings. The predicted molar refractivity (Wildman–Crippen MR) is 117 cm³/mol. The zero-order chi connectivity index (χ0) is 20.8. The fourth-order valence-corrected chi connectivity index (χ4v) is 3.06. The van der Waals surface area contributed by atoms with Gasteiger partial charge < -0.3 is 5.32 Å². The molecule has 146 valence electrons. The SMILES string of the molecule is O=C(N/N=C\c1ccc(Cl)cc1Cl)c1ccc(NC(=O)c2ccccc2Cl)cc1. The number of carbonyl (C=O) groups is 2. The van der Waals surface area contributed by atoms with E-state index in [4.69, 9.17) is 34.8 Å². The lowest BCUT2D eigenvalue weighted by Gasteiger charge is -2.07. The molecule has 0 spiro atoms. The number of amides is 2. The van der Waals surface area contributed by atoms with E-state index >= 15 is 0 Å². The molecule has 0 bridgehead atoms. The number of nitrogens with zero attached hydrogens (tertiary/aromatic N) is 1. The first-order chi connectivity index (χ1) is 13.9. The van der Waals surface area contributed by atoms with Gasteiger partial charge in [0.15, 0.2) is 0 Å². The highest BCUT2D eigenvalue weighted by molar-refractivity contribution is 6.36. The second-order valence-corrected chi connectivity index (χ2v) is 7.13. The van der Waals surface area contributed by atoms with Crippen LogP contribution in [-0.2, 0) is 0 Å². The van der Waals surface area contributed by atoms with Gasteiger partial charge in [-0.3, -0.25) is 9.59 Å². The zero-order valence-corrected chi connectivity index (χ0v) is 17.1. The molecule has 0 aliphatic rings. The summed E-state index contributed by atoms with van der Waals surface area (Å²) < 4.78 is 0. The van der Waals surface area contributed by atoms with Crippen LogP contribution in [0.15, 0.2) is 71.8 Å². The van der Waals surface area contributed by atoms with E-state index in [1.54, 1.807) is 66.7 Å². The molecule has 0 fully saturated rings. The van der Waals surface area contributed by atoms with Crippen molar-refractivity contribution in [2.75, 3.05) is 5.32 Å². The van der Waals surface area contributed by atoms with Crippen molar-refractivity contribution in [1.82, 2.24) is 5.43 Å². The van der Waals surface area contributed by atoms with Crippen molar-refractivity contribution in [1.29, 1.82) is 0 Å². The number of carbonyl (C=O) groups excluding carboxylic acids is 2. The van der Waals surface area contributed by atoms with Crippen molar-refractivity contribution in [3.8, 4) is 0 Å². The Bertz CT molecular complexity index is 1080. The first-order valence-electron chi connectivity index (χ1n) is 8.38. The molecule has 0 saturated heterocycles. The van der Waals surface area contributed by atoms with Gasteiger partial charge in [0.25, 0.3) is 11.8 Å². The van der Waals surface area contributed by atoms with Crippen molar-refractivity contribution in [3.05, 3.63) is 98.5 Å². The lowest BCUT2D eigenvalue weighted by molar-refractivity contribution is 0.0954. The highest BCUT2D eigenvalue weighted by atomic mass is 35.5. The number of hydrogen-bond donors (Lipinski definition) is 2. The van der Waals surface area contributed by atoms with Gasteiger partial charge in [-0.2, -0.15) is 5.10 Å². The minimum absolute atomic E-state index is 0.336. The van der Waals surface area contributed by atoms with Crippen molar-refractivity contribution in [3.63, 3.8) is 0 Å². The molecule has 0 heterocycles. The summed E-state index contributed by atoms with van der Waals surface area (Å²) in [5.41, 5.74) is 4.31. The molecule has 0 aromatic heterocycles. The van der Waals surface area contributed by atoms with E-state index in [0.29, 0.717) is 37.4 Å².